The van der Waals surface area contributed by atoms with Gasteiger partial charge in [-0.1, -0.05) is 0 Å². The first-order chi connectivity index (χ1) is 15.0. The number of ether oxygens (including phenoxy) is 4. The lowest BCUT2D eigenvalue weighted by molar-refractivity contribution is -0.927. The zero-order valence-corrected chi connectivity index (χ0v) is 23.1. The standard InChI is InChI=1S/C26H52NO6/c1-21(2)30-19-11-15-27(16-12-20-31-22(3)4,17-13-23(28)32-25(5,6)7)18-14-24(29)33-26(8,9)10/h21-22H,11-20H2,1-10H3/q+1. The largest absolute Gasteiger partial charge is 0.460 e. The maximum atomic E-state index is 12.5. The number of rotatable bonds is 16. The smallest absolute Gasteiger partial charge is 0.312 e. The first kappa shape index (κ1) is 31.8. The van der Waals surface area contributed by atoms with Crippen molar-refractivity contribution in [2.75, 3.05) is 39.4 Å². The summed E-state index contributed by atoms with van der Waals surface area (Å²) in [4.78, 5) is 25.0. The molecule has 0 radical (unpaired) electrons. The van der Waals surface area contributed by atoms with Crippen LogP contribution < -0.4 is 0 Å². The molecule has 0 aliphatic carbocycles. The Bertz CT molecular complexity index is 510. The van der Waals surface area contributed by atoms with Gasteiger partial charge in [0.1, 0.15) is 11.2 Å². The van der Waals surface area contributed by atoms with Gasteiger partial charge in [0.2, 0.25) is 0 Å². The molecule has 0 spiro atoms. The third kappa shape index (κ3) is 18.9. The van der Waals surface area contributed by atoms with Gasteiger partial charge in [0.05, 0.1) is 64.4 Å². The highest BCUT2D eigenvalue weighted by Gasteiger charge is 2.31. The van der Waals surface area contributed by atoms with E-state index in [1.54, 1.807) is 0 Å². The molecule has 0 amide bonds. The Labute approximate surface area is 203 Å². The summed E-state index contributed by atoms with van der Waals surface area (Å²) in [6.45, 7) is 23.5. The van der Waals surface area contributed by atoms with Crippen LogP contribution in [0.5, 0.6) is 0 Å². The van der Waals surface area contributed by atoms with Crippen LogP contribution in [0.2, 0.25) is 0 Å². The molecule has 0 saturated heterocycles. The van der Waals surface area contributed by atoms with E-state index in [0.717, 1.165) is 25.9 Å². The summed E-state index contributed by atoms with van der Waals surface area (Å²) in [5.41, 5.74) is -1.03. The summed E-state index contributed by atoms with van der Waals surface area (Å²) in [5, 5.41) is 0. The number of hydrogen-bond acceptors (Lipinski definition) is 6. The first-order valence-electron chi connectivity index (χ1n) is 12.6. The Morgan fingerprint density at radius 2 is 0.970 bits per heavy atom. The summed E-state index contributed by atoms with van der Waals surface area (Å²) in [7, 11) is 0. The van der Waals surface area contributed by atoms with E-state index in [1.165, 1.54) is 0 Å². The number of hydrogen-bond donors (Lipinski definition) is 0. The monoisotopic (exact) mass is 474 g/mol. The predicted molar refractivity (Wildman–Crippen MR) is 132 cm³/mol. The van der Waals surface area contributed by atoms with Crippen molar-refractivity contribution in [2.24, 2.45) is 0 Å². The summed E-state index contributed by atoms with van der Waals surface area (Å²) >= 11 is 0. The van der Waals surface area contributed by atoms with Crippen molar-refractivity contribution in [3.63, 3.8) is 0 Å². The van der Waals surface area contributed by atoms with E-state index >= 15 is 0 Å². The second-order valence-electron chi connectivity index (χ2n) is 11.5. The fourth-order valence-electron chi connectivity index (χ4n) is 3.55. The van der Waals surface area contributed by atoms with E-state index in [4.69, 9.17) is 18.9 Å². The van der Waals surface area contributed by atoms with Crippen LogP contribution >= 0.6 is 0 Å². The van der Waals surface area contributed by atoms with Gasteiger partial charge in [-0.3, -0.25) is 9.59 Å². The molecule has 0 unspecified atom stereocenters. The Morgan fingerprint density at radius 1 is 0.636 bits per heavy atom. The molecule has 0 saturated carbocycles. The van der Waals surface area contributed by atoms with Crippen LogP contribution in [0.1, 0.15) is 94.9 Å². The van der Waals surface area contributed by atoms with E-state index in [2.05, 4.69) is 0 Å². The SMILES string of the molecule is CC(C)OCCC[N+](CCCOC(C)C)(CCC(=O)OC(C)(C)C)CCC(=O)OC(C)(C)C. The number of carbonyl (C=O) groups excluding carboxylic acids is 2. The Morgan fingerprint density at radius 3 is 1.24 bits per heavy atom. The zero-order valence-electron chi connectivity index (χ0n) is 23.1. The number of quaternary nitrogens is 1. The molecule has 0 aliphatic heterocycles. The van der Waals surface area contributed by atoms with Crippen LogP contribution in [-0.2, 0) is 28.5 Å². The Balaban J connectivity index is 5.40. The van der Waals surface area contributed by atoms with Crippen molar-refractivity contribution in [1.82, 2.24) is 0 Å². The minimum Gasteiger partial charge on any atom is -0.460 e. The van der Waals surface area contributed by atoms with Gasteiger partial charge >= 0.3 is 11.9 Å². The molecule has 0 aromatic heterocycles. The molecule has 0 bridgehead atoms. The summed E-state index contributed by atoms with van der Waals surface area (Å²) in [5.74, 6) is -0.418. The minimum absolute atomic E-state index is 0.176. The van der Waals surface area contributed by atoms with Crippen LogP contribution in [-0.4, -0.2) is 79.2 Å². The Hall–Kier alpha value is -1.18. The molecule has 196 valence electrons. The molecule has 0 aliphatic rings. The fraction of sp³-hybridized carbons (Fsp3) is 0.923. The predicted octanol–water partition coefficient (Wildman–Crippen LogP) is 4.90. The van der Waals surface area contributed by atoms with E-state index in [0.29, 0.717) is 43.6 Å². The van der Waals surface area contributed by atoms with E-state index < -0.39 is 11.2 Å². The maximum absolute atomic E-state index is 12.5. The Kier molecular flexibility index (Phi) is 14.4. The third-order valence-corrected chi connectivity index (χ3v) is 4.88. The van der Waals surface area contributed by atoms with Crippen LogP contribution in [0.15, 0.2) is 0 Å². The summed E-state index contributed by atoms with van der Waals surface area (Å²) < 4.78 is 23.3. The van der Waals surface area contributed by atoms with Gasteiger partial charge in [0.15, 0.2) is 0 Å². The minimum atomic E-state index is -0.514. The van der Waals surface area contributed by atoms with Crippen molar-refractivity contribution in [3.05, 3.63) is 0 Å². The topological polar surface area (TPSA) is 71.1 Å². The molecule has 0 aromatic carbocycles. The van der Waals surface area contributed by atoms with Gasteiger partial charge < -0.3 is 23.4 Å². The molecule has 7 heteroatoms. The fourth-order valence-corrected chi connectivity index (χ4v) is 3.55. The molecule has 0 heterocycles. The van der Waals surface area contributed by atoms with Crippen LogP contribution in [0, 0.1) is 0 Å². The van der Waals surface area contributed by atoms with Gasteiger partial charge in [0.25, 0.3) is 0 Å². The van der Waals surface area contributed by atoms with Crippen molar-refractivity contribution in [1.29, 1.82) is 0 Å². The molecule has 0 fully saturated rings. The quantitative estimate of drug-likeness (QED) is 0.180. The molecule has 33 heavy (non-hydrogen) atoms. The molecular formula is C26H52NO6+. The van der Waals surface area contributed by atoms with Crippen LogP contribution in [0.3, 0.4) is 0 Å². The van der Waals surface area contributed by atoms with Crippen molar-refractivity contribution >= 4 is 11.9 Å². The van der Waals surface area contributed by atoms with Crippen molar-refractivity contribution in [3.8, 4) is 0 Å². The molecular weight excluding hydrogens is 422 g/mol. The molecule has 0 atom stereocenters. The molecule has 0 N–H and O–H groups in total. The van der Waals surface area contributed by atoms with E-state index in [9.17, 15) is 9.59 Å². The highest BCUT2D eigenvalue weighted by atomic mass is 16.6. The summed E-state index contributed by atoms with van der Waals surface area (Å²) in [6, 6.07) is 0. The van der Waals surface area contributed by atoms with Gasteiger partial charge in [0, 0.05) is 12.8 Å². The zero-order chi connectivity index (χ0) is 25.7. The average Bonchev–Trinajstić information content (AvgIpc) is 2.62. The number of carbonyl (C=O) groups is 2. The van der Waals surface area contributed by atoms with Crippen LogP contribution in [0.25, 0.3) is 0 Å². The van der Waals surface area contributed by atoms with Crippen molar-refractivity contribution in [2.45, 2.75) is 118 Å². The van der Waals surface area contributed by atoms with Gasteiger partial charge in [-0.25, -0.2) is 0 Å². The lowest BCUT2D eigenvalue weighted by Crippen LogP contribution is -2.52. The summed E-state index contributed by atoms with van der Waals surface area (Å²) in [6.07, 6.45) is 2.67. The highest BCUT2D eigenvalue weighted by molar-refractivity contribution is 5.70. The lowest BCUT2D eigenvalue weighted by Gasteiger charge is -2.39. The van der Waals surface area contributed by atoms with Gasteiger partial charge in [-0.2, -0.15) is 0 Å². The molecule has 0 aromatic rings. The van der Waals surface area contributed by atoms with Gasteiger partial charge in [-0.15, -0.1) is 0 Å². The van der Waals surface area contributed by atoms with Gasteiger partial charge in [-0.05, 0) is 69.2 Å². The second kappa shape index (κ2) is 14.9. The normalized spacial score (nSPS) is 13.0. The van der Waals surface area contributed by atoms with E-state index in [1.807, 2.05) is 69.2 Å². The first-order valence-corrected chi connectivity index (χ1v) is 12.6. The van der Waals surface area contributed by atoms with Crippen LogP contribution in [0.4, 0.5) is 0 Å². The van der Waals surface area contributed by atoms with Crippen molar-refractivity contribution < 1.29 is 33.0 Å². The molecule has 0 rings (SSSR count). The maximum Gasteiger partial charge on any atom is 0.312 e. The third-order valence-electron chi connectivity index (χ3n) is 4.88. The van der Waals surface area contributed by atoms with E-state index in [-0.39, 0.29) is 24.1 Å². The highest BCUT2D eigenvalue weighted by Crippen LogP contribution is 2.18. The number of nitrogens with zero attached hydrogens (tertiary/aromatic N) is 1. The molecule has 7 nitrogen and oxygen atoms in total. The number of esters is 2. The average molecular weight is 475 g/mol. The second-order valence-corrected chi connectivity index (χ2v) is 11.5. The lowest BCUT2D eigenvalue weighted by atomic mass is 10.1.